The number of amides is 1. The molecule has 0 aliphatic carbocycles. The van der Waals surface area contributed by atoms with E-state index in [1.807, 2.05) is 13.8 Å². The highest BCUT2D eigenvalue weighted by Gasteiger charge is 2.22. The van der Waals surface area contributed by atoms with Crippen molar-refractivity contribution in [2.45, 2.75) is 33.6 Å². The van der Waals surface area contributed by atoms with Crippen LogP contribution < -0.4 is 5.32 Å². The fourth-order valence-corrected chi connectivity index (χ4v) is 1.60. The van der Waals surface area contributed by atoms with E-state index in [-0.39, 0.29) is 13.2 Å². The highest BCUT2D eigenvalue weighted by molar-refractivity contribution is 5.96. The third-order valence-electron chi connectivity index (χ3n) is 2.44. The van der Waals surface area contributed by atoms with Gasteiger partial charge in [0.2, 0.25) is 5.91 Å². The first-order chi connectivity index (χ1) is 10.1. The van der Waals surface area contributed by atoms with E-state index in [4.69, 9.17) is 4.74 Å². The van der Waals surface area contributed by atoms with Gasteiger partial charge in [0.1, 0.15) is 6.42 Å². The summed E-state index contributed by atoms with van der Waals surface area (Å²) in [5.41, 5.74) is 0.707. The number of methoxy groups -OCH3 is 1. The molecule has 120 valence electrons. The van der Waals surface area contributed by atoms with Crippen molar-refractivity contribution < 1.29 is 28.6 Å². The maximum Gasteiger partial charge on any atom is 0.335 e. The third-order valence-corrected chi connectivity index (χ3v) is 2.44. The Morgan fingerprint density at radius 2 is 1.95 bits per heavy atom. The second kappa shape index (κ2) is 10.8. The maximum absolute atomic E-state index is 11.6. The molecule has 7 heteroatoms. The van der Waals surface area contributed by atoms with Crippen molar-refractivity contribution in [1.29, 1.82) is 0 Å². The number of hydrogen-bond acceptors (Lipinski definition) is 6. The Morgan fingerprint density at radius 1 is 1.29 bits per heavy atom. The Balaban J connectivity index is 0.00000191. The van der Waals surface area contributed by atoms with Gasteiger partial charge in [-0.15, -0.1) is 0 Å². The van der Waals surface area contributed by atoms with Gasteiger partial charge >= 0.3 is 11.9 Å². The molecule has 1 N–H and O–H groups in total. The number of nitrogens with one attached hydrogen (secondary N) is 1. The molecule has 7 nitrogen and oxygen atoms in total. The second-order valence-electron chi connectivity index (χ2n) is 3.78. The molecule has 1 heterocycles. The van der Waals surface area contributed by atoms with Crippen molar-refractivity contribution >= 4 is 17.8 Å². The van der Waals surface area contributed by atoms with Crippen LogP contribution >= 0.6 is 0 Å². The van der Waals surface area contributed by atoms with Crippen LogP contribution in [0.4, 0.5) is 0 Å². The predicted molar refractivity (Wildman–Crippen MR) is 75.2 cm³/mol. The predicted octanol–water partition coefficient (Wildman–Crippen LogP) is 0.929. The van der Waals surface area contributed by atoms with Crippen LogP contribution in [0.3, 0.4) is 0 Å². The molecule has 1 rings (SSSR count). The van der Waals surface area contributed by atoms with Crippen LogP contribution in [0.2, 0.25) is 0 Å². The lowest BCUT2D eigenvalue weighted by Gasteiger charge is -2.19. The molecular weight excluding hydrogens is 278 g/mol. The molecule has 0 saturated heterocycles. The first-order valence-corrected chi connectivity index (χ1v) is 6.92. The normalized spacial score (nSPS) is 13.7. The highest BCUT2D eigenvalue weighted by Crippen LogP contribution is 2.15. The van der Waals surface area contributed by atoms with Gasteiger partial charge in [0, 0.05) is 6.42 Å². The van der Waals surface area contributed by atoms with Crippen molar-refractivity contribution in [1.82, 2.24) is 5.32 Å². The Bertz CT molecular complexity index is 402. The number of carbonyl (C=O) groups is 3. The average molecular weight is 301 g/mol. The van der Waals surface area contributed by atoms with Crippen molar-refractivity contribution in [3.05, 3.63) is 11.3 Å². The lowest BCUT2D eigenvalue weighted by molar-refractivity contribution is -0.145. The Kier molecular flexibility index (Phi) is 9.87. The van der Waals surface area contributed by atoms with E-state index < -0.39 is 24.3 Å². The van der Waals surface area contributed by atoms with E-state index in [9.17, 15) is 14.4 Å². The van der Waals surface area contributed by atoms with Crippen LogP contribution in [-0.4, -0.2) is 44.8 Å². The monoisotopic (exact) mass is 301 g/mol. The van der Waals surface area contributed by atoms with Crippen molar-refractivity contribution in [2.24, 2.45) is 0 Å². The number of hydrogen-bond donors (Lipinski definition) is 1. The van der Waals surface area contributed by atoms with Gasteiger partial charge in [0.05, 0.1) is 38.2 Å². The highest BCUT2D eigenvalue weighted by atomic mass is 16.5. The van der Waals surface area contributed by atoms with Gasteiger partial charge in [-0.25, -0.2) is 4.79 Å². The summed E-state index contributed by atoms with van der Waals surface area (Å²) >= 11 is 0. The molecule has 1 amide bonds. The minimum absolute atomic E-state index is 0.110. The molecule has 0 aromatic carbocycles. The van der Waals surface area contributed by atoms with E-state index in [0.717, 1.165) is 0 Å². The molecular formula is C14H23NO6. The Labute approximate surface area is 124 Å². The third kappa shape index (κ3) is 6.89. The van der Waals surface area contributed by atoms with Crippen LogP contribution in [0.5, 0.6) is 0 Å². The fourth-order valence-electron chi connectivity index (χ4n) is 1.60. The van der Waals surface area contributed by atoms with E-state index in [1.54, 1.807) is 6.92 Å². The van der Waals surface area contributed by atoms with E-state index >= 15 is 0 Å². The van der Waals surface area contributed by atoms with Crippen LogP contribution in [0.15, 0.2) is 11.3 Å². The summed E-state index contributed by atoms with van der Waals surface area (Å²) in [6.07, 6.45) is -0.0342. The molecule has 0 bridgehead atoms. The van der Waals surface area contributed by atoms with E-state index in [1.165, 1.54) is 7.11 Å². The number of carbonyl (C=O) groups excluding carboxylic acids is 3. The summed E-state index contributed by atoms with van der Waals surface area (Å²) < 4.78 is 14.4. The summed E-state index contributed by atoms with van der Waals surface area (Å²) in [6, 6.07) is 0. The molecule has 1 aliphatic rings. The molecule has 0 fully saturated rings. The molecule has 0 atom stereocenters. The zero-order valence-corrected chi connectivity index (χ0v) is 13.0. The summed E-state index contributed by atoms with van der Waals surface area (Å²) in [6.45, 7) is 6.37. The molecule has 0 aromatic heterocycles. The Morgan fingerprint density at radius 3 is 2.52 bits per heavy atom. The lowest BCUT2D eigenvalue weighted by atomic mass is 10.1. The minimum Gasteiger partial charge on any atom is -0.466 e. The molecule has 21 heavy (non-hydrogen) atoms. The quantitative estimate of drug-likeness (QED) is 0.600. The van der Waals surface area contributed by atoms with Crippen LogP contribution in [0, 0.1) is 0 Å². The summed E-state index contributed by atoms with van der Waals surface area (Å²) in [4.78, 5) is 34.2. The summed E-state index contributed by atoms with van der Waals surface area (Å²) in [5.74, 6) is -1.66. The van der Waals surface area contributed by atoms with E-state index in [0.29, 0.717) is 24.3 Å². The maximum atomic E-state index is 11.6. The molecule has 0 unspecified atom stereocenters. The van der Waals surface area contributed by atoms with Gasteiger partial charge in [-0.2, -0.15) is 0 Å². The van der Waals surface area contributed by atoms with Gasteiger partial charge in [-0.1, -0.05) is 13.8 Å². The van der Waals surface area contributed by atoms with Crippen molar-refractivity contribution in [3.8, 4) is 0 Å². The molecule has 0 saturated carbocycles. The SMILES string of the molecule is CC.CCOC(=O)CC(=O)NC1=C(C(=O)OC)CCOC1. The van der Waals surface area contributed by atoms with E-state index in [2.05, 4.69) is 14.8 Å². The topological polar surface area (TPSA) is 90.9 Å². The summed E-state index contributed by atoms with van der Waals surface area (Å²) in [5, 5.41) is 2.49. The second-order valence-corrected chi connectivity index (χ2v) is 3.78. The molecule has 0 spiro atoms. The first-order valence-electron chi connectivity index (χ1n) is 6.92. The zero-order valence-electron chi connectivity index (χ0n) is 13.0. The lowest BCUT2D eigenvalue weighted by Crippen LogP contribution is -2.32. The molecule has 0 radical (unpaired) electrons. The van der Waals surface area contributed by atoms with Crippen LogP contribution in [0.1, 0.15) is 33.6 Å². The fraction of sp³-hybridized carbons (Fsp3) is 0.643. The number of ether oxygens (including phenoxy) is 3. The average Bonchev–Trinajstić information content (AvgIpc) is 2.49. The standard InChI is InChI=1S/C12H17NO6.C2H6/c1-3-19-11(15)6-10(14)13-9-7-18-5-4-8(9)12(16)17-2;1-2/h3-7H2,1-2H3,(H,13,14);1-2H3. The van der Waals surface area contributed by atoms with Gasteiger partial charge in [-0.05, 0) is 6.92 Å². The largest absolute Gasteiger partial charge is 0.466 e. The van der Waals surface area contributed by atoms with Crippen LogP contribution in [-0.2, 0) is 28.6 Å². The van der Waals surface area contributed by atoms with Gasteiger partial charge in [0.25, 0.3) is 0 Å². The first kappa shape index (κ1) is 19.1. The minimum atomic E-state index is -0.614. The Hall–Kier alpha value is -1.89. The van der Waals surface area contributed by atoms with Crippen LogP contribution in [0.25, 0.3) is 0 Å². The number of rotatable bonds is 5. The molecule has 1 aliphatic heterocycles. The van der Waals surface area contributed by atoms with Crippen molar-refractivity contribution in [3.63, 3.8) is 0 Å². The zero-order chi connectivity index (χ0) is 16.3. The number of esters is 2. The molecule has 0 aromatic rings. The van der Waals surface area contributed by atoms with Gasteiger partial charge < -0.3 is 19.5 Å². The van der Waals surface area contributed by atoms with Gasteiger partial charge in [0.15, 0.2) is 0 Å². The van der Waals surface area contributed by atoms with Gasteiger partial charge in [-0.3, -0.25) is 9.59 Å². The smallest absolute Gasteiger partial charge is 0.335 e. The van der Waals surface area contributed by atoms with Crippen molar-refractivity contribution in [2.75, 3.05) is 26.9 Å². The summed E-state index contributed by atoms with van der Waals surface area (Å²) in [7, 11) is 1.27.